The molecule has 6 nitrogen and oxygen atoms in total. The highest BCUT2D eigenvalue weighted by Gasteiger charge is 2.25. The molecule has 0 saturated carbocycles. The van der Waals surface area contributed by atoms with Crippen LogP contribution in [0.5, 0.6) is 0 Å². The van der Waals surface area contributed by atoms with Crippen molar-refractivity contribution in [2.45, 2.75) is 40.3 Å². The van der Waals surface area contributed by atoms with Gasteiger partial charge in [-0.1, -0.05) is 13.8 Å². The number of hydrogen-bond acceptors (Lipinski definition) is 4. The number of nitrogens with one attached hydrogen (secondary N) is 1. The zero-order valence-electron chi connectivity index (χ0n) is 12.1. The van der Waals surface area contributed by atoms with Gasteiger partial charge in [0.25, 0.3) is 0 Å². The number of amides is 1. The molecule has 1 amide bonds. The Kier molecular flexibility index (Phi) is 5.09. The molecule has 0 spiro atoms. The Labute approximate surface area is 113 Å². The summed E-state index contributed by atoms with van der Waals surface area (Å²) in [6.07, 6.45) is 0. The van der Waals surface area contributed by atoms with Crippen LogP contribution in [0.3, 0.4) is 0 Å². The molecule has 1 rings (SSSR count). The molecule has 0 aliphatic rings. The zero-order chi connectivity index (χ0) is 14.6. The summed E-state index contributed by atoms with van der Waals surface area (Å²) >= 11 is 0. The summed E-state index contributed by atoms with van der Waals surface area (Å²) in [5.74, 6) is -0.719. The van der Waals surface area contributed by atoms with Gasteiger partial charge in [-0.15, -0.1) is 0 Å². The van der Waals surface area contributed by atoms with Gasteiger partial charge in [0.15, 0.2) is 0 Å². The molecular formula is C13H21N3O3. The number of rotatable bonds is 5. The predicted octanol–water partition coefficient (Wildman–Crippen LogP) is 0.814. The van der Waals surface area contributed by atoms with Crippen LogP contribution in [0.25, 0.3) is 0 Å². The number of nitrogens with zero attached hydrogens (tertiary/aromatic N) is 2. The van der Waals surface area contributed by atoms with Crippen LogP contribution in [0.4, 0.5) is 0 Å². The number of hydrogen-bond donors (Lipinski definition) is 1. The van der Waals surface area contributed by atoms with E-state index in [-0.39, 0.29) is 18.4 Å². The van der Waals surface area contributed by atoms with Gasteiger partial charge in [-0.3, -0.25) is 9.48 Å². The smallest absolute Gasteiger partial charge is 0.328 e. The molecule has 6 heteroatoms. The Balaban J connectivity index is 2.68. The van der Waals surface area contributed by atoms with E-state index in [1.807, 2.05) is 33.8 Å². The Morgan fingerprint density at radius 2 is 2.05 bits per heavy atom. The van der Waals surface area contributed by atoms with Crippen LogP contribution in [-0.4, -0.2) is 34.8 Å². The topological polar surface area (TPSA) is 73.2 Å². The maximum absolute atomic E-state index is 11.9. The molecule has 0 aliphatic heterocycles. The third-order valence-corrected chi connectivity index (χ3v) is 2.84. The van der Waals surface area contributed by atoms with Crippen LogP contribution in [0.15, 0.2) is 6.07 Å². The van der Waals surface area contributed by atoms with Gasteiger partial charge in [-0.05, 0) is 25.8 Å². The Bertz CT molecular complexity index is 466. The van der Waals surface area contributed by atoms with E-state index in [1.165, 1.54) is 7.11 Å². The molecule has 1 unspecified atom stereocenters. The molecular weight excluding hydrogens is 246 g/mol. The third kappa shape index (κ3) is 4.08. The van der Waals surface area contributed by atoms with Crippen molar-refractivity contribution in [3.8, 4) is 0 Å². The largest absolute Gasteiger partial charge is 0.467 e. The van der Waals surface area contributed by atoms with Gasteiger partial charge in [0.2, 0.25) is 5.91 Å². The monoisotopic (exact) mass is 267 g/mol. The zero-order valence-corrected chi connectivity index (χ0v) is 12.1. The van der Waals surface area contributed by atoms with Gasteiger partial charge in [0.1, 0.15) is 12.6 Å². The van der Waals surface area contributed by atoms with E-state index in [0.717, 1.165) is 11.4 Å². The summed E-state index contributed by atoms with van der Waals surface area (Å²) in [5, 5.41) is 6.88. The van der Waals surface area contributed by atoms with Gasteiger partial charge in [0.05, 0.1) is 12.8 Å². The standard InChI is InChI=1S/C13H21N3O3/c1-8(2)12(13(18)19-5)14-11(17)7-16-10(4)6-9(3)15-16/h6,8,12H,7H2,1-5H3,(H,14,17). The third-order valence-electron chi connectivity index (χ3n) is 2.84. The lowest BCUT2D eigenvalue weighted by molar-refractivity contribution is -0.146. The van der Waals surface area contributed by atoms with Gasteiger partial charge in [-0.2, -0.15) is 5.10 Å². The maximum Gasteiger partial charge on any atom is 0.328 e. The molecule has 0 aliphatic carbocycles. The average Bonchev–Trinajstić information content (AvgIpc) is 2.63. The van der Waals surface area contributed by atoms with Gasteiger partial charge < -0.3 is 10.1 Å². The minimum Gasteiger partial charge on any atom is -0.467 e. The molecule has 0 fully saturated rings. The fourth-order valence-corrected chi connectivity index (χ4v) is 1.81. The molecule has 1 atom stereocenters. The van der Waals surface area contributed by atoms with Gasteiger partial charge in [0, 0.05) is 5.69 Å². The van der Waals surface area contributed by atoms with Crippen molar-refractivity contribution in [3.05, 3.63) is 17.5 Å². The Hall–Kier alpha value is -1.85. The predicted molar refractivity (Wildman–Crippen MR) is 70.5 cm³/mol. The Morgan fingerprint density at radius 1 is 1.42 bits per heavy atom. The molecule has 1 heterocycles. The number of aryl methyl sites for hydroxylation is 2. The summed E-state index contributed by atoms with van der Waals surface area (Å²) in [7, 11) is 1.31. The van der Waals surface area contributed by atoms with Crippen molar-refractivity contribution in [2.24, 2.45) is 5.92 Å². The average molecular weight is 267 g/mol. The molecule has 0 saturated heterocycles. The highest BCUT2D eigenvalue weighted by atomic mass is 16.5. The SMILES string of the molecule is COC(=O)C(NC(=O)Cn1nc(C)cc1C)C(C)C. The van der Waals surface area contributed by atoms with E-state index in [2.05, 4.69) is 15.2 Å². The van der Waals surface area contributed by atoms with Crippen LogP contribution >= 0.6 is 0 Å². The number of carbonyl (C=O) groups is 2. The Morgan fingerprint density at radius 3 is 2.47 bits per heavy atom. The number of methoxy groups -OCH3 is 1. The quantitative estimate of drug-likeness (QED) is 0.801. The van der Waals surface area contributed by atoms with Crippen molar-refractivity contribution in [2.75, 3.05) is 7.11 Å². The second kappa shape index (κ2) is 6.36. The first-order chi connectivity index (χ1) is 8.85. The minimum atomic E-state index is -0.630. The van der Waals surface area contributed by atoms with E-state index in [1.54, 1.807) is 4.68 Å². The molecule has 1 N–H and O–H groups in total. The van der Waals surface area contributed by atoms with Crippen molar-refractivity contribution < 1.29 is 14.3 Å². The molecule has 106 valence electrons. The minimum absolute atomic E-state index is 0.0307. The van der Waals surface area contributed by atoms with Crippen LogP contribution in [0, 0.1) is 19.8 Å². The van der Waals surface area contributed by atoms with Crippen LogP contribution in [0.1, 0.15) is 25.2 Å². The molecule has 0 bridgehead atoms. The second-order valence-corrected chi connectivity index (χ2v) is 4.90. The van der Waals surface area contributed by atoms with Crippen LogP contribution < -0.4 is 5.32 Å². The van der Waals surface area contributed by atoms with Gasteiger partial charge in [-0.25, -0.2) is 4.79 Å². The van der Waals surface area contributed by atoms with E-state index in [9.17, 15) is 9.59 Å². The summed E-state index contributed by atoms with van der Waals surface area (Å²) in [4.78, 5) is 23.5. The fraction of sp³-hybridized carbons (Fsp3) is 0.615. The highest BCUT2D eigenvalue weighted by molar-refractivity contribution is 5.84. The summed E-state index contributed by atoms with van der Waals surface area (Å²) in [5.41, 5.74) is 1.77. The molecule has 19 heavy (non-hydrogen) atoms. The van der Waals surface area contributed by atoms with Crippen molar-refractivity contribution in [1.29, 1.82) is 0 Å². The van der Waals surface area contributed by atoms with E-state index < -0.39 is 12.0 Å². The van der Waals surface area contributed by atoms with Crippen LogP contribution in [-0.2, 0) is 20.9 Å². The first-order valence-corrected chi connectivity index (χ1v) is 6.23. The van der Waals surface area contributed by atoms with Crippen molar-refractivity contribution >= 4 is 11.9 Å². The molecule has 0 aromatic carbocycles. The van der Waals surface area contributed by atoms with E-state index in [0.29, 0.717) is 0 Å². The highest BCUT2D eigenvalue weighted by Crippen LogP contribution is 2.05. The fourth-order valence-electron chi connectivity index (χ4n) is 1.81. The summed E-state index contributed by atoms with van der Waals surface area (Å²) < 4.78 is 6.29. The molecule has 1 aromatic heterocycles. The summed E-state index contributed by atoms with van der Waals surface area (Å²) in [6, 6.07) is 1.27. The number of carbonyl (C=O) groups excluding carboxylic acids is 2. The second-order valence-electron chi connectivity index (χ2n) is 4.90. The lowest BCUT2D eigenvalue weighted by Crippen LogP contribution is -2.46. The summed E-state index contributed by atoms with van der Waals surface area (Å²) in [6.45, 7) is 7.55. The van der Waals surface area contributed by atoms with Crippen molar-refractivity contribution in [1.82, 2.24) is 15.1 Å². The number of ether oxygens (including phenoxy) is 1. The van der Waals surface area contributed by atoms with Gasteiger partial charge >= 0.3 is 5.97 Å². The molecule has 0 radical (unpaired) electrons. The first-order valence-electron chi connectivity index (χ1n) is 6.23. The van der Waals surface area contributed by atoms with E-state index in [4.69, 9.17) is 0 Å². The lowest BCUT2D eigenvalue weighted by atomic mass is 10.0. The first kappa shape index (κ1) is 15.2. The lowest BCUT2D eigenvalue weighted by Gasteiger charge is -2.19. The van der Waals surface area contributed by atoms with E-state index >= 15 is 0 Å². The number of esters is 1. The van der Waals surface area contributed by atoms with Crippen LogP contribution in [0.2, 0.25) is 0 Å². The maximum atomic E-state index is 11.9. The van der Waals surface area contributed by atoms with Crippen molar-refractivity contribution in [3.63, 3.8) is 0 Å². The molecule has 1 aromatic rings. The number of aromatic nitrogens is 2. The normalized spacial score (nSPS) is 12.3.